The van der Waals surface area contributed by atoms with E-state index in [2.05, 4.69) is 4.74 Å². The van der Waals surface area contributed by atoms with Gasteiger partial charge in [0.2, 0.25) is 0 Å². The molecule has 0 aliphatic heterocycles. The van der Waals surface area contributed by atoms with E-state index in [1.54, 1.807) is 0 Å². The summed E-state index contributed by atoms with van der Waals surface area (Å²) in [6, 6.07) is 0. The summed E-state index contributed by atoms with van der Waals surface area (Å²) >= 11 is 0. The van der Waals surface area contributed by atoms with Crippen molar-refractivity contribution in [2.45, 2.75) is 6.10 Å². The number of aliphatic hydroxyl groups is 2. The van der Waals surface area contributed by atoms with Crippen molar-refractivity contribution in [3.63, 3.8) is 0 Å². The van der Waals surface area contributed by atoms with Gasteiger partial charge < -0.3 is 24.7 Å². The maximum atomic E-state index is 10.2. The van der Waals surface area contributed by atoms with Crippen LogP contribution in [-0.4, -0.2) is 45.7 Å². The minimum Gasteiger partial charge on any atom is -0.394 e. The molecule has 0 radical (unpaired) electrons. The molecule has 0 atom stereocenters. The summed E-state index contributed by atoms with van der Waals surface area (Å²) < 4.78 is 14.6. The summed E-state index contributed by atoms with van der Waals surface area (Å²) in [7, 11) is -4.19. The zero-order valence-corrected chi connectivity index (χ0v) is 6.65. The largest absolute Gasteiger partial charge is 0.394 e. The number of aliphatic hydroxyl groups excluding tert-OH is 2. The van der Waals surface area contributed by atoms with E-state index < -0.39 is 33.3 Å². The summed E-state index contributed by atoms with van der Waals surface area (Å²) in [5.41, 5.74) is 0. The molecular formula is C4H11O6P. The lowest BCUT2D eigenvalue weighted by atomic mass is 10.4. The molecule has 0 aromatic rings. The second kappa shape index (κ2) is 4.82. The third kappa shape index (κ3) is 6.43. The highest BCUT2D eigenvalue weighted by molar-refractivity contribution is 7.51. The molecular weight excluding hydrogens is 175 g/mol. The molecule has 0 aliphatic carbocycles. The van der Waals surface area contributed by atoms with Crippen LogP contribution in [0.1, 0.15) is 0 Å². The van der Waals surface area contributed by atoms with Crippen LogP contribution in [0.5, 0.6) is 0 Å². The van der Waals surface area contributed by atoms with Gasteiger partial charge in [0.25, 0.3) is 0 Å². The summed E-state index contributed by atoms with van der Waals surface area (Å²) in [6.45, 7) is -0.924. The van der Waals surface area contributed by atoms with Crippen LogP contribution in [0.15, 0.2) is 0 Å². The Hall–Kier alpha value is 0.0300. The first-order chi connectivity index (χ1) is 4.99. The molecule has 0 fully saturated rings. The van der Waals surface area contributed by atoms with Crippen LogP contribution in [0.2, 0.25) is 0 Å². The number of hydrogen-bond donors (Lipinski definition) is 4. The molecule has 6 nitrogen and oxygen atoms in total. The average molecular weight is 186 g/mol. The predicted octanol–water partition coefficient (Wildman–Crippen LogP) is -1.51. The number of ether oxygens (including phenoxy) is 1. The van der Waals surface area contributed by atoms with E-state index >= 15 is 0 Å². The van der Waals surface area contributed by atoms with Crippen LogP contribution >= 0.6 is 7.60 Å². The Morgan fingerprint density at radius 1 is 1.27 bits per heavy atom. The fourth-order valence-corrected chi connectivity index (χ4v) is 0.771. The highest BCUT2D eigenvalue weighted by Crippen LogP contribution is 2.34. The molecule has 0 spiro atoms. The summed E-state index contributed by atoms with van der Waals surface area (Å²) in [6.07, 6.45) is -1.69. The zero-order chi connectivity index (χ0) is 8.91. The standard InChI is InChI=1S/C4H11O6P/c5-1-4(2-6)10-3-11(7,8)9/h4-6H,1-3H2,(H2,7,8,9). The summed E-state index contributed by atoms with van der Waals surface area (Å²) in [5, 5.41) is 16.8. The Morgan fingerprint density at radius 3 is 2.00 bits per heavy atom. The molecule has 0 bridgehead atoms. The first kappa shape index (κ1) is 11.0. The minimum absolute atomic E-state index is 0.462. The minimum atomic E-state index is -4.19. The second-order valence-electron chi connectivity index (χ2n) is 1.95. The van der Waals surface area contributed by atoms with Gasteiger partial charge in [-0.1, -0.05) is 0 Å². The molecule has 0 rings (SSSR count). The Balaban J connectivity index is 3.59. The van der Waals surface area contributed by atoms with Gasteiger partial charge in [0.15, 0.2) is 0 Å². The molecule has 0 aromatic heterocycles. The van der Waals surface area contributed by atoms with Crippen LogP contribution in [-0.2, 0) is 9.30 Å². The number of rotatable bonds is 5. The van der Waals surface area contributed by atoms with Gasteiger partial charge in [0, 0.05) is 0 Å². The molecule has 11 heavy (non-hydrogen) atoms. The van der Waals surface area contributed by atoms with Gasteiger partial charge in [-0.2, -0.15) is 0 Å². The highest BCUT2D eigenvalue weighted by atomic mass is 31.2. The van der Waals surface area contributed by atoms with Crippen LogP contribution in [0.3, 0.4) is 0 Å². The van der Waals surface area contributed by atoms with E-state index in [-0.39, 0.29) is 0 Å². The van der Waals surface area contributed by atoms with Crippen LogP contribution in [0.4, 0.5) is 0 Å². The predicted molar refractivity (Wildman–Crippen MR) is 36.0 cm³/mol. The molecule has 0 saturated carbocycles. The third-order valence-electron chi connectivity index (χ3n) is 0.886. The summed E-state index contributed by atoms with van der Waals surface area (Å²) in [5.74, 6) is 0. The molecule has 68 valence electrons. The van der Waals surface area contributed by atoms with Crippen molar-refractivity contribution >= 4 is 7.60 Å². The first-order valence-corrected chi connectivity index (χ1v) is 4.67. The summed E-state index contributed by atoms with van der Waals surface area (Å²) in [4.78, 5) is 16.6. The van der Waals surface area contributed by atoms with Crippen LogP contribution in [0, 0.1) is 0 Å². The van der Waals surface area contributed by atoms with E-state index in [9.17, 15) is 4.57 Å². The fraction of sp³-hybridized carbons (Fsp3) is 1.00. The van der Waals surface area contributed by atoms with Crippen LogP contribution in [0.25, 0.3) is 0 Å². The lowest BCUT2D eigenvalue weighted by molar-refractivity contribution is -0.00498. The third-order valence-corrected chi connectivity index (χ3v) is 1.37. The van der Waals surface area contributed by atoms with Crippen molar-refractivity contribution in [3.05, 3.63) is 0 Å². The lowest BCUT2D eigenvalue weighted by Gasteiger charge is -2.12. The van der Waals surface area contributed by atoms with Gasteiger partial charge in [0.1, 0.15) is 12.5 Å². The normalized spacial score (nSPS) is 12.5. The molecule has 0 aliphatic rings. The second-order valence-corrected chi connectivity index (χ2v) is 3.54. The van der Waals surface area contributed by atoms with Crippen molar-refractivity contribution in [2.75, 3.05) is 19.6 Å². The zero-order valence-electron chi connectivity index (χ0n) is 5.75. The molecule has 7 heteroatoms. The van der Waals surface area contributed by atoms with Gasteiger partial charge in [-0.15, -0.1) is 0 Å². The van der Waals surface area contributed by atoms with Crippen molar-refractivity contribution in [1.82, 2.24) is 0 Å². The molecule has 0 aromatic carbocycles. The van der Waals surface area contributed by atoms with Gasteiger partial charge in [0.05, 0.1) is 13.2 Å². The van der Waals surface area contributed by atoms with Crippen LogP contribution < -0.4 is 0 Å². The van der Waals surface area contributed by atoms with Crippen molar-refractivity contribution in [3.8, 4) is 0 Å². The molecule has 0 amide bonds. The quantitative estimate of drug-likeness (QED) is 0.389. The SMILES string of the molecule is O=P(O)(O)COC(CO)CO. The molecule has 0 unspecified atom stereocenters. The van der Waals surface area contributed by atoms with Crippen molar-refractivity contribution in [2.24, 2.45) is 0 Å². The average Bonchev–Trinajstić information content (AvgIpc) is 1.88. The molecule has 0 heterocycles. The fourth-order valence-electron chi connectivity index (χ4n) is 0.366. The van der Waals surface area contributed by atoms with Gasteiger partial charge in [-0.25, -0.2) is 0 Å². The van der Waals surface area contributed by atoms with E-state index in [0.717, 1.165) is 0 Å². The Bertz CT molecular complexity index is 138. The van der Waals surface area contributed by atoms with Gasteiger partial charge in [-0.3, -0.25) is 4.57 Å². The Labute approximate surface area is 63.6 Å². The van der Waals surface area contributed by atoms with Gasteiger partial charge in [-0.05, 0) is 0 Å². The Kier molecular flexibility index (Phi) is 4.83. The smallest absolute Gasteiger partial charge is 0.350 e. The van der Waals surface area contributed by atoms with E-state index in [1.807, 2.05) is 0 Å². The van der Waals surface area contributed by atoms with E-state index in [0.29, 0.717) is 0 Å². The van der Waals surface area contributed by atoms with E-state index in [4.69, 9.17) is 20.0 Å². The topological polar surface area (TPSA) is 107 Å². The Morgan fingerprint density at radius 2 is 1.73 bits per heavy atom. The molecule has 4 N–H and O–H groups in total. The monoisotopic (exact) mass is 186 g/mol. The van der Waals surface area contributed by atoms with E-state index in [1.165, 1.54) is 0 Å². The maximum Gasteiger partial charge on any atom is 0.350 e. The van der Waals surface area contributed by atoms with Crippen molar-refractivity contribution in [1.29, 1.82) is 0 Å². The maximum absolute atomic E-state index is 10.2. The van der Waals surface area contributed by atoms with Gasteiger partial charge >= 0.3 is 7.60 Å². The molecule has 0 saturated heterocycles. The first-order valence-electron chi connectivity index (χ1n) is 2.87. The lowest BCUT2D eigenvalue weighted by Crippen LogP contribution is -2.22. The highest BCUT2D eigenvalue weighted by Gasteiger charge is 2.16. The number of hydrogen-bond acceptors (Lipinski definition) is 4. The van der Waals surface area contributed by atoms with Crippen molar-refractivity contribution < 1.29 is 29.3 Å².